The van der Waals surface area contributed by atoms with E-state index in [1.807, 2.05) is 73.7 Å². The SMILES string of the molecule is CCOC(=O)C(Cc1ccc(OCCc2ccc(S(C)(=O)=O)cc2)cc1)Sc1ccccc1. The first-order valence-electron chi connectivity index (χ1n) is 10.7. The first kappa shape index (κ1) is 24.9. The molecule has 5 nitrogen and oxygen atoms in total. The van der Waals surface area contributed by atoms with Crippen LogP contribution >= 0.6 is 11.8 Å². The molecular weight excluding hydrogens is 456 g/mol. The second kappa shape index (κ2) is 11.9. The van der Waals surface area contributed by atoms with Crippen LogP contribution in [0.3, 0.4) is 0 Å². The third-order valence-corrected chi connectivity index (χ3v) is 7.24. The molecule has 3 aromatic carbocycles. The van der Waals surface area contributed by atoms with E-state index in [-0.39, 0.29) is 11.2 Å². The molecule has 0 heterocycles. The van der Waals surface area contributed by atoms with Crippen molar-refractivity contribution in [3.8, 4) is 5.75 Å². The Morgan fingerprint density at radius 1 is 0.909 bits per heavy atom. The maximum Gasteiger partial charge on any atom is 0.319 e. The molecule has 33 heavy (non-hydrogen) atoms. The standard InChI is InChI=1S/C26H28O5S2/c1-3-30-26(27)25(32-23-7-5-4-6-8-23)19-21-9-13-22(14-10-21)31-18-17-20-11-15-24(16-12-20)33(2,28)29/h4-16,25H,3,17-19H2,1-2H3. The molecule has 3 rings (SSSR count). The fraction of sp³-hybridized carbons (Fsp3) is 0.269. The van der Waals surface area contributed by atoms with E-state index in [9.17, 15) is 13.2 Å². The largest absolute Gasteiger partial charge is 0.493 e. The quantitative estimate of drug-likeness (QED) is 0.282. The lowest BCUT2D eigenvalue weighted by Gasteiger charge is -2.16. The number of hydrogen-bond donors (Lipinski definition) is 0. The maximum absolute atomic E-state index is 12.5. The number of esters is 1. The third-order valence-electron chi connectivity index (χ3n) is 4.93. The zero-order valence-corrected chi connectivity index (χ0v) is 20.4. The van der Waals surface area contributed by atoms with Crippen molar-refractivity contribution in [2.45, 2.75) is 34.8 Å². The minimum atomic E-state index is -3.18. The number of carbonyl (C=O) groups excluding carboxylic acids is 1. The number of thioether (sulfide) groups is 1. The van der Waals surface area contributed by atoms with Gasteiger partial charge in [0.1, 0.15) is 11.0 Å². The van der Waals surface area contributed by atoms with Crippen LogP contribution in [0.25, 0.3) is 0 Å². The summed E-state index contributed by atoms with van der Waals surface area (Å²) < 4.78 is 34.2. The average Bonchev–Trinajstić information content (AvgIpc) is 2.80. The summed E-state index contributed by atoms with van der Waals surface area (Å²) in [6, 6.07) is 24.4. The van der Waals surface area contributed by atoms with E-state index in [4.69, 9.17) is 9.47 Å². The van der Waals surface area contributed by atoms with Gasteiger partial charge in [0.25, 0.3) is 0 Å². The summed E-state index contributed by atoms with van der Waals surface area (Å²) >= 11 is 1.51. The number of rotatable bonds is 11. The van der Waals surface area contributed by atoms with Crippen LogP contribution in [0.4, 0.5) is 0 Å². The van der Waals surface area contributed by atoms with Crippen LogP contribution in [0.2, 0.25) is 0 Å². The first-order chi connectivity index (χ1) is 15.8. The van der Waals surface area contributed by atoms with Crippen LogP contribution in [0.5, 0.6) is 5.75 Å². The van der Waals surface area contributed by atoms with Gasteiger partial charge in [0.15, 0.2) is 9.84 Å². The molecule has 0 spiro atoms. The van der Waals surface area contributed by atoms with Gasteiger partial charge in [-0.1, -0.05) is 42.5 Å². The third kappa shape index (κ3) is 7.94. The van der Waals surface area contributed by atoms with Gasteiger partial charge in [0, 0.05) is 17.6 Å². The van der Waals surface area contributed by atoms with Crippen LogP contribution in [0.15, 0.2) is 88.7 Å². The molecule has 0 saturated carbocycles. The highest BCUT2D eigenvalue weighted by Gasteiger charge is 2.21. The lowest BCUT2D eigenvalue weighted by atomic mass is 10.1. The summed E-state index contributed by atoms with van der Waals surface area (Å²) in [6.07, 6.45) is 2.43. The highest BCUT2D eigenvalue weighted by atomic mass is 32.2. The van der Waals surface area contributed by atoms with Gasteiger partial charge in [-0.15, -0.1) is 11.8 Å². The van der Waals surface area contributed by atoms with Crippen molar-refractivity contribution < 1.29 is 22.7 Å². The number of sulfone groups is 1. The topological polar surface area (TPSA) is 69.7 Å². The van der Waals surface area contributed by atoms with Gasteiger partial charge in [-0.2, -0.15) is 0 Å². The summed E-state index contributed by atoms with van der Waals surface area (Å²) in [5.74, 6) is 0.531. The lowest BCUT2D eigenvalue weighted by Crippen LogP contribution is -2.22. The van der Waals surface area contributed by atoms with E-state index in [1.165, 1.54) is 18.0 Å². The molecule has 0 N–H and O–H groups in total. The summed E-state index contributed by atoms with van der Waals surface area (Å²) in [5, 5.41) is -0.325. The minimum absolute atomic E-state index is 0.214. The summed E-state index contributed by atoms with van der Waals surface area (Å²) in [7, 11) is -3.18. The van der Waals surface area contributed by atoms with E-state index >= 15 is 0 Å². The van der Waals surface area contributed by atoms with Crippen molar-refractivity contribution in [2.24, 2.45) is 0 Å². The Morgan fingerprint density at radius 2 is 1.55 bits per heavy atom. The fourth-order valence-corrected chi connectivity index (χ4v) is 4.91. The molecule has 1 unspecified atom stereocenters. The molecule has 0 aromatic heterocycles. The van der Waals surface area contributed by atoms with Gasteiger partial charge >= 0.3 is 5.97 Å². The van der Waals surface area contributed by atoms with Crippen LogP contribution in [0, 0.1) is 0 Å². The summed E-state index contributed by atoms with van der Waals surface area (Å²) in [5.41, 5.74) is 2.04. The predicted octanol–water partition coefficient (Wildman–Crippen LogP) is 4.98. The zero-order chi connectivity index (χ0) is 23.7. The van der Waals surface area contributed by atoms with Crippen molar-refractivity contribution in [1.29, 1.82) is 0 Å². The summed E-state index contributed by atoms with van der Waals surface area (Å²) in [6.45, 7) is 2.65. The van der Waals surface area contributed by atoms with Crippen LogP contribution < -0.4 is 4.74 Å². The van der Waals surface area contributed by atoms with E-state index < -0.39 is 9.84 Å². The van der Waals surface area contributed by atoms with Gasteiger partial charge in [0.2, 0.25) is 0 Å². The van der Waals surface area contributed by atoms with Gasteiger partial charge in [0.05, 0.1) is 18.1 Å². The van der Waals surface area contributed by atoms with Crippen molar-refractivity contribution in [3.63, 3.8) is 0 Å². The van der Waals surface area contributed by atoms with Gasteiger partial charge < -0.3 is 9.47 Å². The van der Waals surface area contributed by atoms with E-state index in [0.29, 0.717) is 31.0 Å². The molecule has 0 fully saturated rings. The van der Waals surface area contributed by atoms with Gasteiger partial charge in [-0.25, -0.2) is 8.42 Å². The van der Waals surface area contributed by atoms with Crippen LogP contribution in [-0.2, 0) is 32.2 Å². The smallest absolute Gasteiger partial charge is 0.319 e. The lowest BCUT2D eigenvalue weighted by molar-refractivity contribution is -0.142. The molecule has 3 aromatic rings. The second-order valence-corrected chi connectivity index (χ2v) is 10.8. The fourth-order valence-electron chi connectivity index (χ4n) is 3.20. The normalized spacial score (nSPS) is 12.2. The molecule has 0 saturated heterocycles. The monoisotopic (exact) mass is 484 g/mol. The van der Waals surface area contributed by atoms with Gasteiger partial charge in [-0.05, 0) is 60.9 Å². The Hall–Kier alpha value is -2.77. The molecule has 0 aliphatic rings. The molecule has 0 radical (unpaired) electrons. The predicted molar refractivity (Wildman–Crippen MR) is 132 cm³/mol. The Morgan fingerprint density at radius 3 is 2.15 bits per heavy atom. The molecular formula is C26H28O5S2. The van der Waals surface area contributed by atoms with Gasteiger partial charge in [-0.3, -0.25) is 4.79 Å². The average molecular weight is 485 g/mol. The van der Waals surface area contributed by atoms with E-state index in [1.54, 1.807) is 12.1 Å². The molecule has 0 aliphatic carbocycles. The molecule has 174 valence electrons. The van der Waals surface area contributed by atoms with E-state index in [0.717, 1.165) is 21.8 Å². The zero-order valence-electron chi connectivity index (χ0n) is 18.8. The van der Waals surface area contributed by atoms with E-state index in [2.05, 4.69) is 0 Å². The van der Waals surface area contributed by atoms with Crippen LogP contribution in [0.1, 0.15) is 18.1 Å². The molecule has 0 amide bonds. The highest BCUT2D eigenvalue weighted by molar-refractivity contribution is 8.00. The maximum atomic E-state index is 12.5. The van der Waals surface area contributed by atoms with Crippen molar-refractivity contribution in [1.82, 2.24) is 0 Å². The molecule has 7 heteroatoms. The summed E-state index contributed by atoms with van der Waals surface area (Å²) in [4.78, 5) is 13.8. The second-order valence-electron chi connectivity index (χ2n) is 7.53. The molecule has 0 aliphatic heterocycles. The van der Waals surface area contributed by atoms with Crippen molar-refractivity contribution >= 4 is 27.6 Å². The number of carbonyl (C=O) groups is 1. The number of benzene rings is 3. The minimum Gasteiger partial charge on any atom is -0.493 e. The number of ether oxygens (including phenoxy) is 2. The number of hydrogen-bond acceptors (Lipinski definition) is 6. The Bertz CT molecular complexity index is 1130. The highest BCUT2D eigenvalue weighted by Crippen LogP contribution is 2.27. The van der Waals surface area contributed by atoms with Crippen molar-refractivity contribution in [2.75, 3.05) is 19.5 Å². The Balaban J connectivity index is 1.55. The van der Waals surface area contributed by atoms with Crippen LogP contribution in [-0.4, -0.2) is 39.1 Å². The van der Waals surface area contributed by atoms with Crippen molar-refractivity contribution in [3.05, 3.63) is 90.0 Å². The Kier molecular flexibility index (Phi) is 8.97. The Labute approximate surface area is 200 Å². The molecule has 1 atom stereocenters. The first-order valence-corrected chi connectivity index (χ1v) is 13.5. The molecule has 0 bridgehead atoms.